The summed E-state index contributed by atoms with van der Waals surface area (Å²) in [5.41, 5.74) is 0.0417. The fourth-order valence-electron chi connectivity index (χ4n) is 1.99. The summed E-state index contributed by atoms with van der Waals surface area (Å²) in [5, 5.41) is 2.90. The van der Waals surface area contributed by atoms with Gasteiger partial charge in [0.2, 0.25) is 5.95 Å². The average molecular weight is 251 g/mol. The third kappa shape index (κ3) is 1.81. The van der Waals surface area contributed by atoms with Gasteiger partial charge in [0, 0.05) is 20.6 Å². The predicted octanol–water partition coefficient (Wildman–Crippen LogP) is 0.265. The zero-order chi connectivity index (χ0) is 13.3. The monoisotopic (exact) mass is 251 g/mol. The Hall–Kier alpha value is -2.05. The molecule has 2 N–H and O–H groups in total. The highest BCUT2D eigenvalue weighted by Crippen LogP contribution is 2.13. The maximum absolute atomic E-state index is 11.8. The topological polar surface area (TPSA) is 84.7 Å². The molecule has 7 nitrogen and oxygen atoms in total. The molecule has 0 aliphatic heterocycles. The minimum atomic E-state index is -0.403. The second-order valence-electron chi connectivity index (χ2n) is 4.18. The van der Waals surface area contributed by atoms with Crippen molar-refractivity contribution in [2.24, 2.45) is 7.05 Å². The smallest absolute Gasteiger partial charge is 0.330 e. The van der Waals surface area contributed by atoms with Crippen molar-refractivity contribution in [3.8, 4) is 0 Å². The van der Waals surface area contributed by atoms with Crippen molar-refractivity contribution in [1.29, 1.82) is 0 Å². The molecule has 0 saturated carbocycles. The molecule has 0 fully saturated rings. The van der Waals surface area contributed by atoms with E-state index < -0.39 is 11.2 Å². The van der Waals surface area contributed by atoms with Crippen LogP contribution in [0, 0.1) is 0 Å². The van der Waals surface area contributed by atoms with E-state index in [4.69, 9.17) is 0 Å². The van der Waals surface area contributed by atoms with Gasteiger partial charge in [0.05, 0.1) is 0 Å². The van der Waals surface area contributed by atoms with Gasteiger partial charge in [-0.25, -0.2) is 4.79 Å². The number of aromatic amines is 1. The maximum Gasteiger partial charge on any atom is 0.330 e. The molecule has 2 heterocycles. The summed E-state index contributed by atoms with van der Waals surface area (Å²) in [4.78, 5) is 30.3. The Morgan fingerprint density at radius 1 is 1.39 bits per heavy atom. The zero-order valence-electron chi connectivity index (χ0n) is 10.8. The molecule has 0 radical (unpaired) electrons. The van der Waals surface area contributed by atoms with Crippen molar-refractivity contribution in [2.75, 3.05) is 12.4 Å². The van der Waals surface area contributed by atoms with E-state index in [0.29, 0.717) is 23.7 Å². The van der Waals surface area contributed by atoms with E-state index in [1.807, 2.05) is 6.92 Å². The summed E-state index contributed by atoms with van der Waals surface area (Å²) >= 11 is 0. The Morgan fingerprint density at radius 3 is 2.72 bits per heavy atom. The van der Waals surface area contributed by atoms with E-state index in [0.717, 1.165) is 12.8 Å². The fourth-order valence-corrected chi connectivity index (χ4v) is 1.99. The Balaban J connectivity index is 2.77. The summed E-state index contributed by atoms with van der Waals surface area (Å²) < 4.78 is 3.16. The van der Waals surface area contributed by atoms with Crippen LogP contribution in [0.15, 0.2) is 9.59 Å². The number of anilines is 1. The van der Waals surface area contributed by atoms with Gasteiger partial charge in [-0.05, 0) is 6.42 Å². The van der Waals surface area contributed by atoms with Crippen molar-refractivity contribution in [2.45, 2.75) is 26.3 Å². The summed E-state index contributed by atoms with van der Waals surface area (Å²) in [5.74, 6) is 0.561. The molecule has 0 saturated heterocycles. The van der Waals surface area contributed by atoms with Gasteiger partial charge in [-0.2, -0.15) is 4.98 Å². The molecule has 0 aliphatic rings. The molecule has 18 heavy (non-hydrogen) atoms. The van der Waals surface area contributed by atoms with Crippen molar-refractivity contribution in [1.82, 2.24) is 19.1 Å². The molecule has 0 amide bonds. The van der Waals surface area contributed by atoms with Crippen LogP contribution in [0.5, 0.6) is 0 Å². The normalized spacial score (nSPS) is 11.1. The van der Waals surface area contributed by atoms with Gasteiger partial charge in [-0.15, -0.1) is 0 Å². The highest BCUT2D eigenvalue weighted by Gasteiger charge is 2.15. The van der Waals surface area contributed by atoms with Crippen LogP contribution >= 0.6 is 0 Å². The average Bonchev–Trinajstić information content (AvgIpc) is 2.66. The molecule has 2 aromatic rings. The number of hydrogen-bond acceptors (Lipinski definition) is 4. The first-order chi connectivity index (χ1) is 8.60. The number of aromatic nitrogens is 4. The van der Waals surface area contributed by atoms with Gasteiger partial charge in [0.15, 0.2) is 11.2 Å². The van der Waals surface area contributed by atoms with Crippen LogP contribution in [0.4, 0.5) is 5.95 Å². The van der Waals surface area contributed by atoms with Gasteiger partial charge in [-0.1, -0.05) is 13.3 Å². The summed E-state index contributed by atoms with van der Waals surface area (Å²) in [6.45, 7) is 2.61. The fraction of sp³-hybridized carbons (Fsp3) is 0.545. The van der Waals surface area contributed by atoms with Crippen molar-refractivity contribution >= 4 is 17.1 Å². The Bertz CT molecular complexity index is 679. The van der Waals surface area contributed by atoms with E-state index in [9.17, 15) is 9.59 Å². The Morgan fingerprint density at radius 2 is 2.11 bits per heavy atom. The molecule has 98 valence electrons. The van der Waals surface area contributed by atoms with Crippen molar-refractivity contribution in [3.63, 3.8) is 0 Å². The quantitative estimate of drug-likeness (QED) is 0.816. The molecule has 0 aromatic carbocycles. The minimum absolute atomic E-state index is 0.401. The second-order valence-corrected chi connectivity index (χ2v) is 4.18. The molecule has 2 aromatic heterocycles. The van der Waals surface area contributed by atoms with E-state index in [-0.39, 0.29) is 0 Å². The number of imidazole rings is 1. The van der Waals surface area contributed by atoms with Gasteiger partial charge in [-0.3, -0.25) is 14.3 Å². The number of nitrogens with zero attached hydrogens (tertiary/aromatic N) is 3. The van der Waals surface area contributed by atoms with Gasteiger partial charge in [0.1, 0.15) is 0 Å². The van der Waals surface area contributed by atoms with Crippen LogP contribution in [0.3, 0.4) is 0 Å². The van der Waals surface area contributed by atoms with E-state index in [2.05, 4.69) is 15.3 Å². The van der Waals surface area contributed by atoms with Crippen LogP contribution in [0.25, 0.3) is 11.2 Å². The van der Waals surface area contributed by atoms with Crippen LogP contribution in [-0.2, 0) is 13.6 Å². The standard InChI is InChI=1S/C11H17N5O2/c1-4-5-6-16-8-7(9(17)14-11(16)18)15(3)10(12-2)13-8/h4-6H2,1-3H3,(H,12,13)(H,14,17,18). The lowest BCUT2D eigenvalue weighted by molar-refractivity contribution is 0.613. The number of H-pyrrole nitrogens is 1. The predicted molar refractivity (Wildman–Crippen MR) is 70.0 cm³/mol. The largest absolute Gasteiger partial charge is 0.359 e. The molecule has 0 atom stereocenters. The van der Waals surface area contributed by atoms with Crippen LogP contribution in [-0.4, -0.2) is 26.1 Å². The first-order valence-electron chi connectivity index (χ1n) is 5.97. The Labute approximate surface area is 103 Å². The second kappa shape index (κ2) is 4.67. The Kier molecular flexibility index (Phi) is 3.22. The number of rotatable bonds is 4. The van der Waals surface area contributed by atoms with Gasteiger partial charge >= 0.3 is 5.69 Å². The first-order valence-corrected chi connectivity index (χ1v) is 5.97. The number of aryl methyl sites for hydroxylation is 2. The molecule has 0 aliphatic carbocycles. The number of unbranched alkanes of at least 4 members (excludes halogenated alkanes) is 1. The minimum Gasteiger partial charge on any atom is -0.359 e. The zero-order valence-corrected chi connectivity index (χ0v) is 10.8. The lowest BCUT2D eigenvalue weighted by atomic mass is 10.3. The third-order valence-electron chi connectivity index (χ3n) is 2.97. The molecular formula is C11H17N5O2. The summed E-state index contributed by atoms with van der Waals surface area (Å²) in [7, 11) is 3.47. The van der Waals surface area contributed by atoms with E-state index in [1.54, 1.807) is 18.7 Å². The molecule has 7 heteroatoms. The molecule has 0 spiro atoms. The van der Waals surface area contributed by atoms with Gasteiger partial charge < -0.3 is 9.88 Å². The van der Waals surface area contributed by atoms with Gasteiger partial charge in [0.25, 0.3) is 5.56 Å². The molecule has 0 unspecified atom stereocenters. The highest BCUT2D eigenvalue weighted by molar-refractivity contribution is 5.73. The maximum atomic E-state index is 11.8. The van der Waals surface area contributed by atoms with Crippen molar-refractivity contribution in [3.05, 3.63) is 20.8 Å². The SMILES string of the molecule is CCCCn1c(=O)[nH]c(=O)c2c1nc(NC)n2C. The van der Waals surface area contributed by atoms with Crippen molar-refractivity contribution < 1.29 is 0 Å². The van der Waals surface area contributed by atoms with Crippen LogP contribution < -0.4 is 16.6 Å². The number of hydrogen-bond donors (Lipinski definition) is 2. The van der Waals surface area contributed by atoms with Crippen LogP contribution in [0.2, 0.25) is 0 Å². The summed E-state index contributed by atoms with van der Waals surface area (Å²) in [6, 6.07) is 0. The van der Waals surface area contributed by atoms with Crippen LogP contribution in [0.1, 0.15) is 19.8 Å². The van der Waals surface area contributed by atoms with E-state index in [1.165, 1.54) is 4.57 Å². The number of fused-ring (bicyclic) bond motifs is 1. The number of nitrogens with one attached hydrogen (secondary N) is 2. The lowest BCUT2D eigenvalue weighted by Crippen LogP contribution is -2.31. The summed E-state index contributed by atoms with van der Waals surface area (Å²) in [6.07, 6.45) is 1.84. The lowest BCUT2D eigenvalue weighted by Gasteiger charge is -2.04. The highest BCUT2D eigenvalue weighted by atomic mass is 16.2. The van der Waals surface area contributed by atoms with E-state index >= 15 is 0 Å². The molecular weight excluding hydrogens is 234 g/mol. The third-order valence-corrected chi connectivity index (χ3v) is 2.97. The molecule has 0 bridgehead atoms. The first kappa shape index (κ1) is 12.4. The molecule has 2 rings (SSSR count).